The summed E-state index contributed by atoms with van der Waals surface area (Å²) in [7, 11) is 0. The molecule has 0 radical (unpaired) electrons. The molecule has 0 spiro atoms. The second-order valence-corrected chi connectivity index (χ2v) is 5.84. The van der Waals surface area contributed by atoms with E-state index >= 15 is 0 Å². The molecule has 0 unspecified atom stereocenters. The third kappa shape index (κ3) is 6.13. The lowest BCUT2D eigenvalue weighted by molar-refractivity contribution is 0.482. The molecule has 17 heavy (non-hydrogen) atoms. The van der Waals surface area contributed by atoms with Gasteiger partial charge in [0, 0.05) is 5.75 Å². The van der Waals surface area contributed by atoms with Crippen LogP contribution in [0.1, 0.15) is 51.4 Å². The van der Waals surface area contributed by atoms with E-state index in [2.05, 4.69) is 20.9 Å². The monoisotopic (exact) mass is 253 g/mol. The predicted molar refractivity (Wildman–Crippen MR) is 75.8 cm³/mol. The number of rotatable bonds is 10. The first-order valence-electron chi connectivity index (χ1n) is 6.78. The van der Waals surface area contributed by atoms with Gasteiger partial charge < -0.3 is 0 Å². The largest absolute Gasteiger partial charge is 0.298 e. The SMILES string of the molecule is C1=NCN(SCCCCCCCCC2=CC2)N1. The van der Waals surface area contributed by atoms with Crippen LogP contribution >= 0.6 is 11.9 Å². The van der Waals surface area contributed by atoms with Crippen LogP contribution in [0.4, 0.5) is 0 Å². The second kappa shape index (κ2) is 7.77. The maximum Gasteiger partial charge on any atom is 0.122 e. The highest BCUT2D eigenvalue weighted by molar-refractivity contribution is 7.96. The fourth-order valence-corrected chi connectivity index (χ4v) is 2.77. The maximum absolute atomic E-state index is 4.10. The molecule has 2 aliphatic rings. The van der Waals surface area contributed by atoms with Gasteiger partial charge in [-0.2, -0.15) is 0 Å². The number of allylic oxidation sites excluding steroid dienone is 2. The van der Waals surface area contributed by atoms with E-state index in [-0.39, 0.29) is 0 Å². The molecule has 0 saturated carbocycles. The smallest absolute Gasteiger partial charge is 0.122 e. The van der Waals surface area contributed by atoms with Crippen LogP contribution in [0.3, 0.4) is 0 Å². The van der Waals surface area contributed by atoms with Crippen molar-refractivity contribution in [1.29, 1.82) is 0 Å². The molecule has 0 fully saturated rings. The van der Waals surface area contributed by atoms with E-state index in [0.29, 0.717) is 0 Å². The van der Waals surface area contributed by atoms with Crippen molar-refractivity contribution in [2.75, 3.05) is 12.4 Å². The Morgan fingerprint density at radius 2 is 1.94 bits per heavy atom. The number of unbranched alkanes of at least 4 members (excludes halogenated alkanes) is 5. The molecule has 0 amide bonds. The van der Waals surface area contributed by atoms with Crippen molar-refractivity contribution in [2.45, 2.75) is 51.4 Å². The minimum absolute atomic E-state index is 0.792. The fourth-order valence-electron chi connectivity index (χ4n) is 1.95. The molecule has 0 bridgehead atoms. The Morgan fingerprint density at radius 3 is 2.65 bits per heavy atom. The molecular weight excluding hydrogens is 230 g/mol. The van der Waals surface area contributed by atoms with Gasteiger partial charge in [-0.25, -0.2) is 0 Å². The lowest BCUT2D eigenvalue weighted by atomic mass is 10.1. The van der Waals surface area contributed by atoms with Gasteiger partial charge in [-0.15, -0.1) is 4.41 Å². The molecule has 0 saturated heterocycles. The highest BCUT2D eigenvalue weighted by Gasteiger charge is 2.06. The van der Waals surface area contributed by atoms with E-state index in [9.17, 15) is 0 Å². The summed E-state index contributed by atoms with van der Waals surface area (Å²) in [5.41, 5.74) is 4.79. The van der Waals surface area contributed by atoms with E-state index in [0.717, 1.165) is 6.67 Å². The van der Waals surface area contributed by atoms with Gasteiger partial charge in [-0.05, 0) is 25.7 Å². The number of hydrazine groups is 1. The van der Waals surface area contributed by atoms with Crippen molar-refractivity contribution in [2.24, 2.45) is 4.99 Å². The van der Waals surface area contributed by atoms with Crippen molar-refractivity contribution < 1.29 is 0 Å². The van der Waals surface area contributed by atoms with Crippen LogP contribution in [-0.4, -0.2) is 23.2 Å². The number of aliphatic imine (C=N–C) groups is 1. The molecule has 96 valence electrons. The first-order chi connectivity index (χ1) is 8.45. The summed E-state index contributed by atoms with van der Waals surface area (Å²) in [4.78, 5) is 4.10. The van der Waals surface area contributed by atoms with Gasteiger partial charge in [0.2, 0.25) is 0 Å². The normalized spacial score (nSPS) is 18.2. The van der Waals surface area contributed by atoms with E-state index in [1.54, 1.807) is 11.9 Å². The molecule has 2 rings (SSSR count). The third-order valence-electron chi connectivity index (χ3n) is 3.14. The minimum Gasteiger partial charge on any atom is -0.298 e. The van der Waals surface area contributed by atoms with Crippen LogP contribution in [0.5, 0.6) is 0 Å². The molecule has 1 aliphatic heterocycles. The quantitative estimate of drug-likeness (QED) is 0.367. The summed E-state index contributed by atoms with van der Waals surface area (Å²) in [6, 6.07) is 0. The molecular formula is C13H23N3S. The molecule has 1 N–H and O–H groups in total. The van der Waals surface area contributed by atoms with Crippen LogP contribution in [0.15, 0.2) is 16.6 Å². The average molecular weight is 253 g/mol. The topological polar surface area (TPSA) is 27.6 Å². The summed E-state index contributed by atoms with van der Waals surface area (Å²) in [6.07, 6.45) is 15.2. The number of hydrogen-bond donors (Lipinski definition) is 1. The van der Waals surface area contributed by atoms with Gasteiger partial charge in [0.05, 0.1) is 6.34 Å². The van der Waals surface area contributed by atoms with Gasteiger partial charge >= 0.3 is 0 Å². The van der Waals surface area contributed by atoms with E-state index in [4.69, 9.17) is 0 Å². The first kappa shape index (κ1) is 13.0. The third-order valence-corrected chi connectivity index (χ3v) is 4.14. The molecule has 0 aromatic heterocycles. The van der Waals surface area contributed by atoms with Crippen LogP contribution in [0.25, 0.3) is 0 Å². The first-order valence-corrected chi connectivity index (χ1v) is 7.72. The van der Waals surface area contributed by atoms with Crippen molar-refractivity contribution in [3.63, 3.8) is 0 Å². The summed E-state index contributed by atoms with van der Waals surface area (Å²) >= 11 is 1.85. The Labute approximate surface area is 109 Å². The summed E-state index contributed by atoms with van der Waals surface area (Å²) in [6.45, 7) is 0.792. The zero-order chi connectivity index (χ0) is 11.8. The fraction of sp³-hybridized carbons (Fsp3) is 0.769. The summed E-state index contributed by atoms with van der Waals surface area (Å²) < 4.78 is 2.09. The average Bonchev–Trinajstić information content (AvgIpc) is 3.02. The molecule has 1 aliphatic carbocycles. The van der Waals surface area contributed by atoms with Crippen molar-refractivity contribution in [3.8, 4) is 0 Å². The highest BCUT2D eigenvalue weighted by atomic mass is 32.2. The van der Waals surface area contributed by atoms with Crippen molar-refractivity contribution in [1.82, 2.24) is 9.84 Å². The number of nitrogens with one attached hydrogen (secondary N) is 1. The van der Waals surface area contributed by atoms with E-state index in [1.165, 1.54) is 57.1 Å². The summed E-state index contributed by atoms with van der Waals surface area (Å²) in [5, 5.41) is 0. The Kier molecular flexibility index (Phi) is 5.93. The van der Waals surface area contributed by atoms with Crippen molar-refractivity contribution >= 4 is 18.3 Å². The summed E-state index contributed by atoms with van der Waals surface area (Å²) in [5.74, 6) is 1.21. The van der Waals surface area contributed by atoms with Crippen LogP contribution in [0, 0.1) is 0 Å². The molecule has 0 aromatic rings. The zero-order valence-electron chi connectivity index (χ0n) is 10.5. The van der Waals surface area contributed by atoms with Crippen LogP contribution in [-0.2, 0) is 0 Å². The van der Waals surface area contributed by atoms with Gasteiger partial charge in [-0.1, -0.05) is 49.3 Å². The van der Waals surface area contributed by atoms with E-state index < -0.39 is 0 Å². The number of nitrogens with zero attached hydrogens (tertiary/aromatic N) is 2. The van der Waals surface area contributed by atoms with Gasteiger partial charge in [0.15, 0.2) is 0 Å². The molecule has 1 heterocycles. The van der Waals surface area contributed by atoms with Gasteiger partial charge in [-0.3, -0.25) is 10.4 Å². The minimum atomic E-state index is 0.792. The van der Waals surface area contributed by atoms with Gasteiger partial charge in [0.25, 0.3) is 0 Å². The van der Waals surface area contributed by atoms with Crippen molar-refractivity contribution in [3.05, 3.63) is 11.6 Å². The van der Waals surface area contributed by atoms with E-state index in [1.807, 2.05) is 11.9 Å². The number of hydrogen-bond acceptors (Lipinski definition) is 4. The highest BCUT2D eigenvalue weighted by Crippen LogP contribution is 2.25. The lowest BCUT2D eigenvalue weighted by Gasteiger charge is -2.12. The molecule has 0 aromatic carbocycles. The Hall–Kier alpha value is -0.480. The van der Waals surface area contributed by atoms with Gasteiger partial charge in [0.1, 0.15) is 6.67 Å². The standard InChI is InChI=1S/C13H23N3S/c1(3-5-7-13-8-9-13)2-4-6-10-17-16-12-14-11-15-16/h8,11H,1-7,9-10,12H2,(H,14,15). The Bertz CT molecular complexity index is 268. The maximum atomic E-state index is 4.10. The zero-order valence-corrected chi connectivity index (χ0v) is 11.3. The lowest BCUT2D eigenvalue weighted by Crippen LogP contribution is -2.24. The molecule has 0 atom stereocenters. The predicted octanol–water partition coefficient (Wildman–Crippen LogP) is 3.50. The molecule has 4 heteroatoms. The molecule has 3 nitrogen and oxygen atoms in total. The van der Waals surface area contributed by atoms with Crippen LogP contribution < -0.4 is 5.43 Å². The Balaban J connectivity index is 1.28. The Morgan fingerprint density at radius 1 is 1.18 bits per heavy atom. The van der Waals surface area contributed by atoms with Crippen LogP contribution in [0.2, 0.25) is 0 Å². The second-order valence-electron chi connectivity index (χ2n) is 4.73.